The van der Waals surface area contributed by atoms with Crippen LogP contribution in [-0.4, -0.2) is 70.0 Å². The molecular weight excluding hydrogens is 966 g/mol. The van der Waals surface area contributed by atoms with Crippen LogP contribution in [0.2, 0.25) is 0 Å². The Hall–Kier alpha value is -2.55. The minimum absolute atomic E-state index is 0.0330. The van der Waals surface area contributed by atoms with Crippen LogP contribution in [0, 0.1) is 0 Å². The third kappa shape index (κ3) is 60.7. The lowest BCUT2D eigenvalue weighted by Crippen LogP contribution is -2.37. The second-order valence-electron chi connectivity index (χ2n) is 22.4. The molecule has 0 bridgehead atoms. The lowest BCUT2D eigenvalue weighted by molar-refractivity contribution is -0.870. The van der Waals surface area contributed by atoms with Crippen molar-refractivity contribution in [2.24, 2.45) is 0 Å². The van der Waals surface area contributed by atoms with Crippen LogP contribution in [0.25, 0.3) is 0 Å². The predicted octanol–water partition coefficient (Wildman–Crippen LogP) is 19.4. The van der Waals surface area contributed by atoms with E-state index in [1.807, 2.05) is 21.1 Å². The second kappa shape index (κ2) is 57.1. The zero-order valence-corrected chi connectivity index (χ0v) is 51.1. The molecule has 0 spiro atoms. The number of carbonyl (C=O) groups is 2. The van der Waals surface area contributed by atoms with E-state index >= 15 is 0 Å². The number of likely N-dealkylation sites (N-methyl/N-ethyl adjacent to an activating group) is 1. The van der Waals surface area contributed by atoms with Crippen molar-refractivity contribution >= 4 is 19.8 Å². The summed E-state index contributed by atoms with van der Waals surface area (Å²) in [5, 5.41) is 0. The van der Waals surface area contributed by atoms with E-state index in [1.54, 1.807) is 0 Å². The van der Waals surface area contributed by atoms with Gasteiger partial charge in [0, 0.05) is 12.8 Å². The molecule has 0 heterocycles. The number of unbranched alkanes of at least 4 members (excludes halogenated alkanes) is 32. The van der Waals surface area contributed by atoms with Crippen LogP contribution in [0.15, 0.2) is 72.9 Å². The highest BCUT2D eigenvalue weighted by Gasteiger charge is 2.22. The molecule has 0 saturated carbocycles. The number of allylic oxidation sites excluding steroid dienone is 12. The number of carbonyl (C=O) groups excluding carboxylic acids is 2. The van der Waals surface area contributed by atoms with Crippen molar-refractivity contribution in [3.63, 3.8) is 0 Å². The summed E-state index contributed by atoms with van der Waals surface area (Å²) in [6, 6.07) is 0. The highest BCUT2D eigenvalue weighted by Crippen LogP contribution is 2.38. The molecule has 9 nitrogen and oxygen atoms in total. The number of quaternary nitrogens is 1. The van der Waals surface area contributed by atoms with Crippen molar-refractivity contribution in [1.29, 1.82) is 0 Å². The highest BCUT2D eigenvalue weighted by molar-refractivity contribution is 7.45. The minimum atomic E-state index is -4.64. The first-order valence-corrected chi connectivity index (χ1v) is 33.1. The molecule has 2 atom stereocenters. The third-order valence-corrected chi connectivity index (χ3v) is 14.7. The summed E-state index contributed by atoms with van der Waals surface area (Å²) in [7, 11) is 1.17. The fraction of sp³-hybridized carbons (Fsp3) is 0.788. The summed E-state index contributed by atoms with van der Waals surface area (Å²) < 4.78 is 34.2. The number of phosphoric acid groups is 1. The lowest BCUT2D eigenvalue weighted by Gasteiger charge is -2.28. The Bertz CT molecular complexity index is 1510. The van der Waals surface area contributed by atoms with Gasteiger partial charge in [-0.2, -0.15) is 0 Å². The number of hydrogen-bond acceptors (Lipinski definition) is 8. The molecule has 442 valence electrons. The third-order valence-electron chi connectivity index (χ3n) is 13.7. The summed E-state index contributed by atoms with van der Waals surface area (Å²) in [5.41, 5.74) is 0. The smallest absolute Gasteiger partial charge is 0.306 e. The van der Waals surface area contributed by atoms with E-state index in [-0.39, 0.29) is 32.0 Å². The van der Waals surface area contributed by atoms with Crippen LogP contribution in [-0.2, 0) is 32.7 Å². The number of phosphoric ester groups is 1. The van der Waals surface area contributed by atoms with Gasteiger partial charge in [-0.25, -0.2) is 0 Å². The Morgan fingerprint density at radius 2 is 0.750 bits per heavy atom. The zero-order chi connectivity index (χ0) is 55.6. The molecule has 10 heteroatoms. The maximum atomic E-state index is 12.8. The van der Waals surface area contributed by atoms with Gasteiger partial charge in [-0.05, 0) is 83.5 Å². The molecule has 0 fully saturated rings. The molecule has 0 saturated heterocycles. The maximum absolute atomic E-state index is 12.8. The molecule has 0 radical (unpaired) electrons. The lowest BCUT2D eigenvalue weighted by atomic mass is 10.0. The van der Waals surface area contributed by atoms with Crippen molar-refractivity contribution in [2.45, 2.75) is 290 Å². The molecule has 0 aromatic heterocycles. The molecule has 0 N–H and O–H groups in total. The van der Waals surface area contributed by atoms with Crippen molar-refractivity contribution in [3.05, 3.63) is 72.9 Å². The highest BCUT2D eigenvalue weighted by atomic mass is 31.2. The topological polar surface area (TPSA) is 111 Å². The molecule has 0 amide bonds. The van der Waals surface area contributed by atoms with Gasteiger partial charge in [0.2, 0.25) is 0 Å². The van der Waals surface area contributed by atoms with Gasteiger partial charge >= 0.3 is 11.9 Å². The van der Waals surface area contributed by atoms with Crippen LogP contribution >= 0.6 is 7.82 Å². The fourth-order valence-corrected chi connectivity index (χ4v) is 9.58. The molecule has 0 aromatic carbocycles. The van der Waals surface area contributed by atoms with Gasteiger partial charge in [0.1, 0.15) is 19.8 Å². The fourth-order valence-electron chi connectivity index (χ4n) is 8.86. The Morgan fingerprint density at radius 1 is 0.421 bits per heavy atom. The molecule has 2 unspecified atom stereocenters. The van der Waals surface area contributed by atoms with Gasteiger partial charge in [-0.1, -0.05) is 260 Å². The van der Waals surface area contributed by atoms with E-state index in [0.717, 1.165) is 77.0 Å². The van der Waals surface area contributed by atoms with Gasteiger partial charge in [0.15, 0.2) is 6.10 Å². The Labute approximate surface area is 469 Å². The van der Waals surface area contributed by atoms with E-state index in [9.17, 15) is 19.0 Å². The number of rotatable bonds is 58. The monoisotopic (exact) mass is 1090 g/mol. The average Bonchev–Trinajstić information content (AvgIpc) is 3.38. The van der Waals surface area contributed by atoms with Crippen molar-refractivity contribution < 1.29 is 42.1 Å². The first-order chi connectivity index (χ1) is 37.0. The Morgan fingerprint density at radius 3 is 1.13 bits per heavy atom. The minimum Gasteiger partial charge on any atom is -0.756 e. The molecule has 0 rings (SSSR count). The molecule has 76 heavy (non-hydrogen) atoms. The molecule has 0 aliphatic carbocycles. The normalized spacial score (nSPS) is 13.7. The van der Waals surface area contributed by atoms with Crippen LogP contribution < -0.4 is 4.89 Å². The van der Waals surface area contributed by atoms with E-state index in [2.05, 4.69) is 86.8 Å². The van der Waals surface area contributed by atoms with Gasteiger partial charge in [-0.3, -0.25) is 14.2 Å². The second-order valence-corrected chi connectivity index (χ2v) is 23.8. The number of hydrogen-bond donors (Lipinski definition) is 0. The largest absolute Gasteiger partial charge is 0.756 e. The quantitative estimate of drug-likeness (QED) is 0.0195. The van der Waals surface area contributed by atoms with Crippen LogP contribution in [0.1, 0.15) is 284 Å². The van der Waals surface area contributed by atoms with E-state index in [4.69, 9.17) is 18.5 Å². The molecular formula is C66H120NO8P. The Kier molecular flexibility index (Phi) is 55.2. The van der Waals surface area contributed by atoms with E-state index in [0.29, 0.717) is 17.4 Å². The first kappa shape index (κ1) is 73.5. The average molecular weight is 1090 g/mol. The van der Waals surface area contributed by atoms with Crippen molar-refractivity contribution in [3.8, 4) is 0 Å². The molecule has 0 aliphatic rings. The van der Waals surface area contributed by atoms with E-state index in [1.165, 1.54) is 173 Å². The van der Waals surface area contributed by atoms with Crippen molar-refractivity contribution in [2.75, 3.05) is 47.5 Å². The van der Waals surface area contributed by atoms with Crippen LogP contribution in [0.5, 0.6) is 0 Å². The molecule has 0 aliphatic heterocycles. The SMILES string of the molecule is CC/C=C\C/C=C\C/C=C\C/C=C\C/C=C\CCCCCCCCCCCCCC(=O)OC(COC(=O)CCCCCCCCCCCCCCC/C=C\CCCCCCCCCC)COP(=O)([O-])OCC[N+](C)(C)C. The Balaban J connectivity index is 4.12. The summed E-state index contributed by atoms with van der Waals surface area (Å²) in [6.45, 7) is 4.15. The van der Waals surface area contributed by atoms with Gasteiger partial charge in [0.25, 0.3) is 7.82 Å². The summed E-state index contributed by atoms with van der Waals surface area (Å²) in [5.74, 6) is -0.830. The summed E-state index contributed by atoms with van der Waals surface area (Å²) in [4.78, 5) is 38.0. The van der Waals surface area contributed by atoms with Gasteiger partial charge in [-0.15, -0.1) is 0 Å². The summed E-state index contributed by atoms with van der Waals surface area (Å²) in [6.07, 6.45) is 75.3. The standard InChI is InChI=1S/C66H120NO8P/c1-6-8-10-12-14-16-18-20-22-24-26-28-30-32-33-35-37-39-41-43-45-47-49-51-53-55-57-59-66(69)75-64(63-74-76(70,71)73-61-60-67(3,4)5)62-72-65(68)58-56-54-52-50-48-46-44-42-40-38-36-34-31-29-27-25-23-21-19-17-15-13-11-9-7-2/h8,10,14,16,20,22,25-28,32-33,64H,6-7,9,11-13,15,17-19,21,23-24,29-31,34-63H2,1-5H3/b10-8-,16-14-,22-20-,27-25-,28-26-,33-32-. The predicted molar refractivity (Wildman–Crippen MR) is 323 cm³/mol. The summed E-state index contributed by atoms with van der Waals surface area (Å²) >= 11 is 0. The zero-order valence-electron chi connectivity index (χ0n) is 50.2. The first-order valence-electron chi connectivity index (χ1n) is 31.6. The number of esters is 2. The number of ether oxygens (including phenoxy) is 2. The van der Waals surface area contributed by atoms with Gasteiger partial charge < -0.3 is 27.9 Å². The van der Waals surface area contributed by atoms with Gasteiger partial charge in [0.05, 0.1) is 27.7 Å². The number of nitrogens with zero attached hydrogens (tertiary/aromatic N) is 1. The van der Waals surface area contributed by atoms with Crippen molar-refractivity contribution in [1.82, 2.24) is 0 Å². The van der Waals surface area contributed by atoms with Crippen LogP contribution in [0.3, 0.4) is 0 Å². The maximum Gasteiger partial charge on any atom is 0.306 e. The van der Waals surface area contributed by atoms with Crippen LogP contribution in [0.4, 0.5) is 0 Å². The van der Waals surface area contributed by atoms with E-state index < -0.39 is 26.5 Å². The molecule has 0 aromatic rings.